The van der Waals surface area contributed by atoms with Gasteiger partial charge in [-0.3, -0.25) is 0 Å². The maximum Gasteiger partial charge on any atom is 0.155 e. The average molecular weight is 574 g/mol. The fourth-order valence-electron chi connectivity index (χ4n) is 3.20. The van der Waals surface area contributed by atoms with E-state index < -0.39 is 5.60 Å². The van der Waals surface area contributed by atoms with Gasteiger partial charge in [0, 0.05) is 15.2 Å². The highest BCUT2D eigenvalue weighted by Crippen LogP contribution is 2.34. The van der Waals surface area contributed by atoms with Gasteiger partial charge in [-0.15, -0.1) is 4.91 Å². The Hall–Kier alpha value is -1.66. The summed E-state index contributed by atoms with van der Waals surface area (Å²) in [7, 11) is 0. The van der Waals surface area contributed by atoms with E-state index in [1.54, 1.807) is 32.9 Å². The Morgan fingerprint density at radius 2 is 1.17 bits per heavy atom. The molecule has 0 saturated heterocycles. The second-order valence-corrected chi connectivity index (χ2v) is 12.0. The molecule has 2 aromatic rings. The van der Waals surface area contributed by atoms with Crippen molar-refractivity contribution in [2.24, 2.45) is 5.34 Å². The first-order chi connectivity index (χ1) is 15.9. The molecule has 7 heteroatoms. The third-order valence-corrected chi connectivity index (χ3v) is 6.24. The van der Waals surface area contributed by atoms with Crippen molar-refractivity contribution in [2.45, 2.75) is 105 Å². The van der Waals surface area contributed by atoms with Crippen LogP contribution in [0.5, 0.6) is 0 Å². The largest absolute Gasteiger partial charge is 0.398 e. The summed E-state index contributed by atoms with van der Waals surface area (Å²) in [4.78, 5) is 13.6. The third-order valence-electron chi connectivity index (χ3n) is 5.10. The lowest BCUT2D eigenvalue weighted by atomic mass is 9.93. The average Bonchev–Trinajstić information content (AvgIpc) is 2.70. The Morgan fingerprint density at radius 1 is 0.829 bits per heavy atom. The van der Waals surface area contributed by atoms with Crippen LogP contribution in [0, 0.1) is 10.7 Å². The minimum atomic E-state index is -0.429. The van der Waals surface area contributed by atoms with Gasteiger partial charge < -0.3 is 10.6 Å². The molecule has 0 spiro atoms. The predicted molar refractivity (Wildman–Crippen MR) is 153 cm³/mol. The van der Waals surface area contributed by atoms with Gasteiger partial charge in [0.05, 0.1) is 0 Å². The second kappa shape index (κ2) is 14.8. The number of nitrogens with two attached hydrogens (primary N) is 1. The molecule has 2 aromatic carbocycles. The van der Waals surface area contributed by atoms with Crippen molar-refractivity contribution in [3.05, 3.63) is 66.7 Å². The number of halogens is 3. The van der Waals surface area contributed by atoms with Crippen molar-refractivity contribution >= 4 is 33.2 Å². The maximum absolute atomic E-state index is 13.3. The van der Waals surface area contributed by atoms with Gasteiger partial charge >= 0.3 is 0 Å². The third kappa shape index (κ3) is 11.7. The summed E-state index contributed by atoms with van der Waals surface area (Å²) < 4.78 is 14.4. The lowest BCUT2D eigenvalue weighted by molar-refractivity contribution is -0.00229. The van der Waals surface area contributed by atoms with E-state index >= 15 is 0 Å². The quantitative estimate of drug-likeness (QED) is 0.220. The normalized spacial score (nSPS) is 11.3. The molecule has 0 amide bonds. The van der Waals surface area contributed by atoms with E-state index in [4.69, 9.17) is 17.3 Å². The Morgan fingerprint density at radius 3 is 1.40 bits per heavy atom. The number of nitrogens with zero attached hydrogens (tertiary/aromatic N) is 1. The van der Waals surface area contributed by atoms with E-state index in [9.17, 15) is 9.30 Å². The van der Waals surface area contributed by atoms with Crippen molar-refractivity contribution in [3.8, 4) is 0 Å². The van der Waals surface area contributed by atoms with Crippen LogP contribution in [0.4, 0.5) is 10.1 Å². The first kappa shape index (κ1) is 33.3. The van der Waals surface area contributed by atoms with E-state index in [1.165, 1.54) is 0 Å². The van der Waals surface area contributed by atoms with E-state index in [1.807, 2.05) is 12.1 Å². The SMILES string of the molecule is CC(C)(C)ON=O.CC(C)c1cc(Cl)cc(C(C)C)c1N.CC(C)c1cc(F)cc(C(C)C)c1Br. The Balaban J connectivity index is 0.000000526. The number of anilines is 1. The molecule has 0 saturated carbocycles. The van der Waals surface area contributed by atoms with Crippen LogP contribution in [0.1, 0.15) is 122 Å². The molecule has 0 heterocycles. The molecule has 0 aliphatic carbocycles. The summed E-state index contributed by atoms with van der Waals surface area (Å²) in [6, 6.07) is 7.15. The topological polar surface area (TPSA) is 64.7 Å². The molecule has 198 valence electrons. The highest BCUT2D eigenvalue weighted by molar-refractivity contribution is 9.10. The highest BCUT2D eigenvalue weighted by atomic mass is 79.9. The molecule has 0 atom stereocenters. The summed E-state index contributed by atoms with van der Waals surface area (Å²) >= 11 is 9.60. The van der Waals surface area contributed by atoms with Crippen molar-refractivity contribution in [3.63, 3.8) is 0 Å². The Kier molecular flexibility index (Phi) is 14.1. The fourth-order valence-corrected chi connectivity index (χ4v) is 4.58. The van der Waals surface area contributed by atoms with Gasteiger partial charge in [0.15, 0.2) is 5.34 Å². The van der Waals surface area contributed by atoms with Gasteiger partial charge in [0.1, 0.15) is 11.4 Å². The molecule has 0 bridgehead atoms. The summed E-state index contributed by atoms with van der Waals surface area (Å²) in [5, 5.41) is 3.04. The molecular formula is C28H43BrClFN2O2. The number of hydrogen-bond donors (Lipinski definition) is 1. The standard InChI is InChI=1S/C12H16BrF.C12H18ClN.C4H9NO2/c1-7(2)10-5-9(14)6-11(8(3)4)12(10)13;1-7(2)10-5-9(13)6-11(8(3)4)12(10)14;1-4(2,3)7-5-6/h5-8H,1-4H3;5-8H,14H2,1-4H3;1-3H3. The van der Waals surface area contributed by atoms with Gasteiger partial charge in [-0.1, -0.05) is 82.9 Å². The van der Waals surface area contributed by atoms with Gasteiger partial charge in [-0.05, 0) is 91.0 Å². The Bertz CT molecular complexity index is 829. The second-order valence-electron chi connectivity index (χ2n) is 10.8. The molecule has 0 aliphatic heterocycles. The van der Waals surface area contributed by atoms with Gasteiger partial charge in [-0.2, -0.15) is 0 Å². The van der Waals surface area contributed by atoms with Gasteiger partial charge in [0.25, 0.3) is 0 Å². The number of rotatable bonds is 5. The molecule has 2 rings (SSSR count). The molecule has 4 nitrogen and oxygen atoms in total. The first-order valence-corrected chi connectivity index (χ1v) is 13.2. The summed E-state index contributed by atoms with van der Waals surface area (Å²) in [5.41, 5.74) is 11.0. The molecule has 0 radical (unpaired) electrons. The molecule has 0 aromatic heterocycles. The zero-order valence-corrected chi connectivity index (χ0v) is 25.4. The van der Waals surface area contributed by atoms with Crippen molar-refractivity contribution in [1.82, 2.24) is 0 Å². The number of nitrogen functional groups attached to an aromatic ring is 1. The lowest BCUT2D eigenvalue weighted by Gasteiger charge is -2.16. The van der Waals surface area contributed by atoms with Crippen LogP contribution < -0.4 is 5.73 Å². The molecule has 0 unspecified atom stereocenters. The van der Waals surface area contributed by atoms with E-state index in [0.717, 1.165) is 37.4 Å². The van der Waals surface area contributed by atoms with E-state index in [2.05, 4.69) is 81.5 Å². The van der Waals surface area contributed by atoms with Gasteiger partial charge in [-0.25, -0.2) is 4.39 Å². The smallest absolute Gasteiger partial charge is 0.155 e. The van der Waals surface area contributed by atoms with Crippen LogP contribution in [0.3, 0.4) is 0 Å². The van der Waals surface area contributed by atoms with Crippen LogP contribution in [0.25, 0.3) is 0 Å². The first-order valence-electron chi connectivity index (χ1n) is 12.0. The molecule has 0 fully saturated rings. The summed E-state index contributed by atoms with van der Waals surface area (Å²) in [6.07, 6.45) is 0. The minimum Gasteiger partial charge on any atom is -0.398 e. The van der Waals surface area contributed by atoms with Crippen LogP contribution >= 0.6 is 27.5 Å². The minimum absolute atomic E-state index is 0.138. The molecular weight excluding hydrogens is 531 g/mol. The lowest BCUT2D eigenvalue weighted by Crippen LogP contribution is -2.14. The van der Waals surface area contributed by atoms with Crippen molar-refractivity contribution in [2.75, 3.05) is 5.73 Å². The van der Waals surface area contributed by atoms with Crippen molar-refractivity contribution in [1.29, 1.82) is 0 Å². The van der Waals surface area contributed by atoms with Crippen LogP contribution in [-0.2, 0) is 4.84 Å². The van der Waals surface area contributed by atoms with E-state index in [-0.39, 0.29) is 5.82 Å². The predicted octanol–water partition coefficient (Wildman–Crippen LogP) is 10.5. The summed E-state index contributed by atoms with van der Waals surface area (Å²) in [5.74, 6) is 1.40. The zero-order chi connectivity index (χ0) is 27.7. The number of hydrogen-bond acceptors (Lipinski definition) is 4. The summed E-state index contributed by atoms with van der Waals surface area (Å²) in [6.45, 7) is 22.1. The van der Waals surface area contributed by atoms with Crippen molar-refractivity contribution < 1.29 is 9.23 Å². The van der Waals surface area contributed by atoms with Crippen LogP contribution in [0.15, 0.2) is 34.1 Å². The fraction of sp³-hybridized carbons (Fsp3) is 0.571. The number of benzene rings is 2. The molecule has 35 heavy (non-hydrogen) atoms. The molecule has 0 aliphatic rings. The monoisotopic (exact) mass is 572 g/mol. The maximum atomic E-state index is 13.3. The van der Waals surface area contributed by atoms with Crippen LogP contribution in [0.2, 0.25) is 5.02 Å². The Labute approximate surface area is 225 Å². The highest BCUT2D eigenvalue weighted by Gasteiger charge is 2.14. The van der Waals surface area contributed by atoms with E-state index in [0.29, 0.717) is 23.7 Å². The zero-order valence-electron chi connectivity index (χ0n) is 23.1. The van der Waals surface area contributed by atoms with Crippen LogP contribution in [-0.4, -0.2) is 5.60 Å². The molecule has 2 N–H and O–H groups in total. The van der Waals surface area contributed by atoms with Gasteiger partial charge in [0.2, 0.25) is 0 Å².